The first-order valence-electron chi connectivity index (χ1n) is 7.63. The summed E-state index contributed by atoms with van der Waals surface area (Å²) in [6.45, 7) is 0. The highest BCUT2D eigenvalue weighted by Crippen LogP contribution is 2.45. The van der Waals surface area contributed by atoms with E-state index in [0.717, 1.165) is 11.4 Å². The number of hydrogen-bond acceptors (Lipinski definition) is 5. The lowest BCUT2D eigenvalue weighted by Crippen LogP contribution is -2.41. The summed E-state index contributed by atoms with van der Waals surface area (Å²) >= 11 is 0. The molecule has 1 aromatic carbocycles. The molecule has 0 spiro atoms. The standard InChI is InChI=1S/C18H16N4O2/c1-2-18(24)9-12(10-18)17-21-14(11-3-5-13(23)6-4-11)15-16(19)20-7-8-22(15)17/h1,3-8,12,23-24H,9-10H2,(H2,19,20). The number of hydrogen-bond donors (Lipinski definition) is 3. The summed E-state index contributed by atoms with van der Waals surface area (Å²) in [6.07, 6.45) is 9.75. The van der Waals surface area contributed by atoms with Crippen molar-refractivity contribution in [1.29, 1.82) is 0 Å². The average Bonchev–Trinajstić information content (AvgIpc) is 2.93. The second-order valence-electron chi connectivity index (χ2n) is 6.18. The molecule has 6 nitrogen and oxygen atoms in total. The van der Waals surface area contributed by atoms with E-state index in [0.29, 0.717) is 29.9 Å². The molecule has 0 bridgehead atoms. The first-order valence-corrected chi connectivity index (χ1v) is 7.63. The van der Waals surface area contributed by atoms with Crippen LogP contribution in [-0.2, 0) is 0 Å². The van der Waals surface area contributed by atoms with Crippen LogP contribution < -0.4 is 5.73 Å². The van der Waals surface area contributed by atoms with E-state index in [4.69, 9.17) is 17.1 Å². The van der Waals surface area contributed by atoms with Crippen molar-refractivity contribution in [2.24, 2.45) is 0 Å². The normalized spacial score (nSPS) is 22.9. The predicted octanol–water partition coefficient (Wildman–Crippen LogP) is 1.93. The number of aromatic nitrogens is 3. The third-order valence-electron chi connectivity index (χ3n) is 4.55. The van der Waals surface area contributed by atoms with E-state index in [-0.39, 0.29) is 11.7 Å². The second kappa shape index (κ2) is 4.98. The largest absolute Gasteiger partial charge is 0.508 e. The van der Waals surface area contributed by atoms with Gasteiger partial charge in [0, 0.05) is 23.9 Å². The van der Waals surface area contributed by atoms with Crippen molar-refractivity contribution in [2.75, 3.05) is 5.73 Å². The van der Waals surface area contributed by atoms with Crippen LogP contribution in [0, 0.1) is 12.3 Å². The topological polar surface area (TPSA) is 96.7 Å². The van der Waals surface area contributed by atoms with E-state index in [1.807, 2.05) is 10.6 Å². The number of anilines is 1. The van der Waals surface area contributed by atoms with Crippen molar-refractivity contribution in [1.82, 2.24) is 14.4 Å². The summed E-state index contributed by atoms with van der Waals surface area (Å²) < 4.78 is 1.91. The molecule has 1 aliphatic carbocycles. The van der Waals surface area contributed by atoms with Crippen molar-refractivity contribution in [3.63, 3.8) is 0 Å². The smallest absolute Gasteiger partial charge is 0.150 e. The zero-order chi connectivity index (χ0) is 16.9. The third-order valence-corrected chi connectivity index (χ3v) is 4.55. The molecule has 4 N–H and O–H groups in total. The summed E-state index contributed by atoms with van der Waals surface area (Å²) in [5.41, 5.74) is 7.28. The van der Waals surface area contributed by atoms with Gasteiger partial charge < -0.3 is 15.9 Å². The van der Waals surface area contributed by atoms with Crippen LogP contribution in [0.25, 0.3) is 16.8 Å². The number of aromatic hydroxyl groups is 1. The van der Waals surface area contributed by atoms with Gasteiger partial charge in [-0.3, -0.25) is 4.40 Å². The fraction of sp³-hybridized carbons (Fsp3) is 0.222. The van der Waals surface area contributed by atoms with Crippen LogP contribution in [0.2, 0.25) is 0 Å². The van der Waals surface area contributed by atoms with Gasteiger partial charge in [-0.25, -0.2) is 9.97 Å². The van der Waals surface area contributed by atoms with Gasteiger partial charge in [-0.15, -0.1) is 6.42 Å². The Balaban J connectivity index is 1.87. The Labute approximate surface area is 138 Å². The van der Waals surface area contributed by atoms with E-state index >= 15 is 0 Å². The van der Waals surface area contributed by atoms with Gasteiger partial charge in [-0.2, -0.15) is 0 Å². The molecule has 0 saturated heterocycles. The van der Waals surface area contributed by atoms with Gasteiger partial charge >= 0.3 is 0 Å². The van der Waals surface area contributed by atoms with E-state index in [2.05, 4.69) is 10.9 Å². The van der Waals surface area contributed by atoms with Gasteiger partial charge in [-0.1, -0.05) is 5.92 Å². The maximum atomic E-state index is 10.1. The Morgan fingerprint density at radius 3 is 2.67 bits per heavy atom. The number of phenols is 1. The Morgan fingerprint density at radius 1 is 1.29 bits per heavy atom. The lowest BCUT2D eigenvalue weighted by Gasteiger charge is -2.38. The Kier molecular flexibility index (Phi) is 3.02. The van der Waals surface area contributed by atoms with Crippen molar-refractivity contribution in [2.45, 2.75) is 24.4 Å². The van der Waals surface area contributed by atoms with Crippen LogP contribution >= 0.6 is 0 Å². The average molecular weight is 320 g/mol. The molecular weight excluding hydrogens is 304 g/mol. The zero-order valence-corrected chi connectivity index (χ0v) is 12.8. The van der Waals surface area contributed by atoms with Crippen LogP contribution in [0.15, 0.2) is 36.7 Å². The molecule has 0 unspecified atom stereocenters. The van der Waals surface area contributed by atoms with Crippen LogP contribution in [0.3, 0.4) is 0 Å². The SMILES string of the molecule is C#CC1(O)CC(c2nc(-c3ccc(O)cc3)c3c(N)nccn23)C1. The summed E-state index contributed by atoms with van der Waals surface area (Å²) in [5.74, 6) is 3.87. The summed E-state index contributed by atoms with van der Waals surface area (Å²) in [4.78, 5) is 8.91. The minimum absolute atomic E-state index is 0.0613. The van der Waals surface area contributed by atoms with E-state index in [9.17, 15) is 10.2 Å². The molecule has 1 aliphatic rings. The van der Waals surface area contributed by atoms with Crippen LogP contribution in [-0.4, -0.2) is 30.2 Å². The molecule has 1 fully saturated rings. The van der Waals surface area contributed by atoms with Crippen LogP contribution in [0.5, 0.6) is 5.75 Å². The first-order chi connectivity index (χ1) is 11.5. The maximum Gasteiger partial charge on any atom is 0.150 e. The molecule has 2 aromatic heterocycles. The van der Waals surface area contributed by atoms with Crippen LogP contribution in [0.1, 0.15) is 24.6 Å². The van der Waals surface area contributed by atoms with Crippen molar-refractivity contribution >= 4 is 11.3 Å². The number of benzene rings is 1. The maximum absolute atomic E-state index is 10.1. The minimum Gasteiger partial charge on any atom is -0.508 e. The molecule has 24 heavy (non-hydrogen) atoms. The molecular formula is C18H16N4O2. The monoisotopic (exact) mass is 320 g/mol. The first kappa shape index (κ1) is 14.5. The van der Waals surface area contributed by atoms with Gasteiger partial charge in [0.2, 0.25) is 0 Å². The van der Waals surface area contributed by atoms with Crippen molar-refractivity contribution < 1.29 is 10.2 Å². The van der Waals surface area contributed by atoms with Gasteiger partial charge in [0.05, 0.1) is 0 Å². The Hall–Kier alpha value is -3.04. The quantitative estimate of drug-likeness (QED) is 0.627. The number of rotatable bonds is 2. The number of fused-ring (bicyclic) bond motifs is 1. The molecule has 120 valence electrons. The highest BCUT2D eigenvalue weighted by atomic mass is 16.3. The Bertz CT molecular complexity index is 963. The number of nitrogen functional groups attached to an aromatic ring is 1. The molecule has 2 heterocycles. The number of nitrogens with two attached hydrogens (primary N) is 1. The van der Waals surface area contributed by atoms with Gasteiger partial charge in [0.15, 0.2) is 0 Å². The lowest BCUT2D eigenvalue weighted by atomic mass is 9.71. The zero-order valence-electron chi connectivity index (χ0n) is 12.8. The highest BCUT2D eigenvalue weighted by Gasteiger charge is 2.44. The molecule has 0 atom stereocenters. The summed E-state index contributed by atoms with van der Waals surface area (Å²) in [6, 6.07) is 6.78. The molecule has 0 radical (unpaired) electrons. The van der Waals surface area contributed by atoms with Crippen molar-refractivity contribution in [3.05, 3.63) is 42.5 Å². The van der Waals surface area contributed by atoms with Gasteiger partial charge in [0.1, 0.15) is 34.2 Å². The molecule has 0 amide bonds. The highest BCUT2D eigenvalue weighted by molar-refractivity contribution is 5.85. The molecule has 6 heteroatoms. The fourth-order valence-electron chi connectivity index (χ4n) is 3.25. The molecule has 0 aliphatic heterocycles. The van der Waals surface area contributed by atoms with Crippen LogP contribution in [0.4, 0.5) is 5.82 Å². The van der Waals surface area contributed by atoms with Gasteiger partial charge in [0.25, 0.3) is 0 Å². The third kappa shape index (κ3) is 2.10. The minimum atomic E-state index is -1.05. The second-order valence-corrected chi connectivity index (χ2v) is 6.18. The fourth-order valence-corrected chi connectivity index (χ4v) is 3.25. The summed E-state index contributed by atoms with van der Waals surface area (Å²) in [7, 11) is 0. The number of terminal acetylenes is 1. The van der Waals surface area contributed by atoms with Crippen molar-refractivity contribution in [3.8, 4) is 29.4 Å². The number of imidazole rings is 1. The predicted molar refractivity (Wildman–Crippen MR) is 90.3 cm³/mol. The Morgan fingerprint density at radius 2 is 2.00 bits per heavy atom. The molecule has 4 rings (SSSR count). The van der Waals surface area contributed by atoms with E-state index < -0.39 is 5.60 Å². The lowest BCUT2D eigenvalue weighted by molar-refractivity contribution is 0.00356. The van der Waals surface area contributed by atoms with E-state index in [1.165, 1.54) is 0 Å². The molecule has 1 saturated carbocycles. The number of nitrogens with zero attached hydrogens (tertiary/aromatic N) is 3. The van der Waals surface area contributed by atoms with E-state index in [1.54, 1.807) is 30.5 Å². The molecule has 3 aromatic rings. The van der Waals surface area contributed by atoms with Gasteiger partial charge in [-0.05, 0) is 37.1 Å². The number of aliphatic hydroxyl groups is 1. The number of phenolic OH excluding ortho intramolecular Hbond substituents is 1. The summed E-state index contributed by atoms with van der Waals surface area (Å²) in [5, 5.41) is 19.6.